The van der Waals surface area contributed by atoms with Crippen LogP contribution in [0.3, 0.4) is 0 Å². The van der Waals surface area contributed by atoms with Crippen LogP contribution in [0.2, 0.25) is 5.02 Å². The summed E-state index contributed by atoms with van der Waals surface area (Å²) in [7, 11) is -1.08. The Morgan fingerprint density at radius 2 is 1.88 bits per heavy atom. The van der Waals surface area contributed by atoms with Crippen molar-refractivity contribution in [2.75, 3.05) is 13.3 Å². The molecule has 0 saturated heterocycles. The van der Waals surface area contributed by atoms with Crippen LogP contribution in [0.5, 0.6) is 0 Å². The Morgan fingerprint density at radius 3 is 2.52 bits per heavy atom. The van der Waals surface area contributed by atoms with Crippen LogP contribution in [0.4, 0.5) is 0 Å². The van der Waals surface area contributed by atoms with Gasteiger partial charge in [0.2, 0.25) is 0 Å². The van der Waals surface area contributed by atoms with Gasteiger partial charge in [-0.05, 0) is 60.7 Å². The number of fused-ring (bicyclic) bond motifs is 1. The van der Waals surface area contributed by atoms with Crippen molar-refractivity contribution in [3.05, 3.63) is 69.2 Å². The van der Waals surface area contributed by atoms with E-state index in [1.807, 2.05) is 20.0 Å². The number of rotatable bonds is 4. The highest BCUT2D eigenvalue weighted by atomic mass is 35.5. The minimum absolute atomic E-state index is 0.0811. The standard InChI is InChI=1S/C20H24ClNO2S/c1-13-4-6-15(11-19(13)21)16-8-9-20(22-2)18-10-14(5-7-17(16)18)12-25(3,23)24/h4-7,10-11,16,20,22H,8-9,12H2,1-3H3/t16-,20-/m0/s1. The topological polar surface area (TPSA) is 46.2 Å². The average Bonchev–Trinajstić information content (AvgIpc) is 2.55. The van der Waals surface area contributed by atoms with Crippen LogP contribution in [0.25, 0.3) is 0 Å². The van der Waals surface area contributed by atoms with Gasteiger partial charge >= 0.3 is 0 Å². The molecule has 5 heteroatoms. The highest BCUT2D eigenvalue weighted by Gasteiger charge is 2.28. The zero-order chi connectivity index (χ0) is 18.2. The van der Waals surface area contributed by atoms with E-state index in [-0.39, 0.29) is 11.8 Å². The number of aryl methyl sites for hydroxylation is 1. The van der Waals surface area contributed by atoms with Crippen LogP contribution >= 0.6 is 11.6 Å². The Balaban J connectivity index is 2.04. The lowest BCUT2D eigenvalue weighted by Gasteiger charge is -2.32. The quantitative estimate of drug-likeness (QED) is 0.860. The molecule has 1 N–H and O–H groups in total. The Labute approximate surface area is 155 Å². The summed E-state index contributed by atoms with van der Waals surface area (Å²) in [5.41, 5.74) is 5.63. The van der Waals surface area contributed by atoms with E-state index in [1.54, 1.807) is 0 Å². The summed E-state index contributed by atoms with van der Waals surface area (Å²) in [6, 6.07) is 12.6. The molecule has 0 spiro atoms. The molecule has 0 heterocycles. The Morgan fingerprint density at radius 1 is 1.12 bits per heavy atom. The Kier molecular flexibility index (Phi) is 5.24. The van der Waals surface area contributed by atoms with Gasteiger partial charge in [0.1, 0.15) is 0 Å². The molecule has 0 fully saturated rings. The first-order chi connectivity index (χ1) is 11.8. The van der Waals surface area contributed by atoms with Gasteiger partial charge in [-0.25, -0.2) is 8.42 Å². The summed E-state index contributed by atoms with van der Waals surface area (Å²) in [5.74, 6) is 0.377. The van der Waals surface area contributed by atoms with E-state index in [9.17, 15) is 8.42 Å². The number of sulfone groups is 1. The third-order valence-electron chi connectivity index (χ3n) is 5.02. The zero-order valence-corrected chi connectivity index (χ0v) is 16.4. The SMILES string of the molecule is CN[C@H]1CC[C@@H](c2ccc(C)c(Cl)c2)c2ccc(CS(C)(=O)=O)cc21. The van der Waals surface area contributed by atoms with E-state index in [1.165, 1.54) is 22.9 Å². The number of halogens is 1. The minimum Gasteiger partial charge on any atom is -0.313 e. The van der Waals surface area contributed by atoms with Crippen LogP contribution < -0.4 is 5.32 Å². The third kappa shape index (κ3) is 4.08. The molecule has 1 aliphatic carbocycles. The molecule has 25 heavy (non-hydrogen) atoms. The molecule has 0 bridgehead atoms. The second-order valence-electron chi connectivity index (χ2n) is 7.01. The lowest BCUT2D eigenvalue weighted by Crippen LogP contribution is -2.24. The first kappa shape index (κ1) is 18.4. The van der Waals surface area contributed by atoms with E-state index < -0.39 is 9.84 Å². The van der Waals surface area contributed by atoms with E-state index in [2.05, 4.69) is 35.6 Å². The van der Waals surface area contributed by atoms with Gasteiger partial charge in [0.15, 0.2) is 9.84 Å². The summed E-state index contributed by atoms with van der Waals surface area (Å²) >= 11 is 6.33. The first-order valence-electron chi connectivity index (χ1n) is 8.52. The fourth-order valence-corrected chi connectivity index (χ4v) is 4.73. The van der Waals surface area contributed by atoms with Crippen molar-refractivity contribution in [2.45, 2.75) is 37.5 Å². The van der Waals surface area contributed by atoms with Crippen LogP contribution in [0.15, 0.2) is 36.4 Å². The predicted octanol–water partition coefficient (Wildman–Crippen LogP) is 4.38. The maximum Gasteiger partial charge on any atom is 0.151 e. The molecule has 0 radical (unpaired) electrons. The van der Waals surface area contributed by atoms with E-state index >= 15 is 0 Å². The van der Waals surface area contributed by atoms with Gasteiger partial charge < -0.3 is 5.32 Å². The first-order valence-corrected chi connectivity index (χ1v) is 11.0. The molecule has 2 aromatic carbocycles. The summed E-state index contributed by atoms with van der Waals surface area (Å²) in [6.07, 6.45) is 3.34. The monoisotopic (exact) mass is 377 g/mol. The van der Waals surface area contributed by atoms with Crippen molar-refractivity contribution in [3.63, 3.8) is 0 Å². The Bertz CT molecular complexity index is 893. The molecule has 2 atom stereocenters. The lowest BCUT2D eigenvalue weighted by atomic mass is 9.76. The van der Waals surface area contributed by atoms with Crippen LogP contribution in [0, 0.1) is 6.92 Å². The van der Waals surface area contributed by atoms with E-state index in [0.29, 0.717) is 5.92 Å². The summed E-state index contributed by atoms with van der Waals surface area (Å²) < 4.78 is 23.3. The highest BCUT2D eigenvalue weighted by Crippen LogP contribution is 2.42. The van der Waals surface area contributed by atoms with Crippen molar-refractivity contribution < 1.29 is 8.42 Å². The minimum atomic E-state index is -3.04. The van der Waals surface area contributed by atoms with Crippen LogP contribution in [-0.2, 0) is 15.6 Å². The average molecular weight is 378 g/mol. The molecule has 1 aliphatic rings. The molecule has 0 unspecified atom stereocenters. The maximum absolute atomic E-state index is 11.6. The number of nitrogens with one attached hydrogen (secondary N) is 1. The summed E-state index contributed by atoms with van der Waals surface area (Å²) in [5, 5.41) is 4.16. The fraction of sp³-hybridized carbons (Fsp3) is 0.400. The van der Waals surface area contributed by atoms with Gasteiger partial charge in [-0.1, -0.05) is 41.9 Å². The molecule has 2 aromatic rings. The highest BCUT2D eigenvalue weighted by molar-refractivity contribution is 7.89. The van der Waals surface area contributed by atoms with Gasteiger partial charge in [0.25, 0.3) is 0 Å². The molecule has 3 rings (SSSR count). The molecular formula is C20H24ClNO2S. The van der Waals surface area contributed by atoms with E-state index in [4.69, 9.17) is 11.6 Å². The number of benzene rings is 2. The van der Waals surface area contributed by atoms with Gasteiger partial charge in [0.05, 0.1) is 5.75 Å². The largest absolute Gasteiger partial charge is 0.313 e. The van der Waals surface area contributed by atoms with Crippen LogP contribution in [-0.4, -0.2) is 21.7 Å². The fourth-order valence-electron chi connectivity index (χ4n) is 3.75. The molecule has 0 amide bonds. The molecule has 0 aromatic heterocycles. The van der Waals surface area contributed by atoms with Crippen molar-refractivity contribution >= 4 is 21.4 Å². The lowest BCUT2D eigenvalue weighted by molar-refractivity contribution is 0.470. The van der Waals surface area contributed by atoms with Crippen LogP contribution in [0.1, 0.15) is 52.6 Å². The second-order valence-corrected chi connectivity index (χ2v) is 9.56. The summed E-state index contributed by atoms with van der Waals surface area (Å²) in [4.78, 5) is 0. The smallest absolute Gasteiger partial charge is 0.151 e. The third-order valence-corrected chi connectivity index (χ3v) is 6.29. The molecule has 0 saturated carbocycles. The van der Waals surface area contributed by atoms with Gasteiger partial charge in [-0.3, -0.25) is 0 Å². The molecular weight excluding hydrogens is 354 g/mol. The van der Waals surface area contributed by atoms with Crippen molar-refractivity contribution in [3.8, 4) is 0 Å². The molecule has 0 aliphatic heterocycles. The molecule has 134 valence electrons. The van der Waals surface area contributed by atoms with E-state index in [0.717, 1.165) is 29.0 Å². The number of hydrogen-bond donors (Lipinski definition) is 1. The van der Waals surface area contributed by atoms with Crippen molar-refractivity contribution in [1.29, 1.82) is 0 Å². The maximum atomic E-state index is 11.6. The van der Waals surface area contributed by atoms with Gasteiger partial charge in [0, 0.05) is 23.2 Å². The number of hydrogen-bond acceptors (Lipinski definition) is 3. The van der Waals surface area contributed by atoms with Gasteiger partial charge in [-0.15, -0.1) is 0 Å². The van der Waals surface area contributed by atoms with Crippen molar-refractivity contribution in [2.24, 2.45) is 0 Å². The predicted molar refractivity (Wildman–Crippen MR) is 104 cm³/mol. The summed E-state index contributed by atoms with van der Waals surface area (Å²) in [6.45, 7) is 2.01. The zero-order valence-electron chi connectivity index (χ0n) is 14.8. The van der Waals surface area contributed by atoms with Gasteiger partial charge in [-0.2, -0.15) is 0 Å². The van der Waals surface area contributed by atoms with Crippen molar-refractivity contribution in [1.82, 2.24) is 5.32 Å². The Hall–Kier alpha value is -1.36. The normalized spacial score (nSPS) is 20.3. The molecule has 3 nitrogen and oxygen atoms in total. The second kappa shape index (κ2) is 7.10.